The molecule has 1 fully saturated rings. The summed E-state index contributed by atoms with van der Waals surface area (Å²) in [4.78, 5) is 9.68. The average Bonchev–Trinajstić information content (AvgIpc) is 3.15. The van der Waals surface area contributed by atoms with E-state index in [0.29, 0.717) is 0 Å². The highest BCUT2D eigenvalue weighted by Crippen LogP contribution is 2.31. The maximum Gasteiger partial charge on any atom is 0.183 e. The van der Waals surface area contributed by atoms with Crippen LogP contribution in [0.5, 0.6) is 0 Å². The number of nitrogens with zero attached hydrogens (tertiary/aromatic N) is 2. The minimum atomic E-state index is 0.750. The van der Waals surface area contributed by atoms with Gasteiger partial charge in [-0.2, -0.15) is 0 Å². The summed E-state index contributed by atoms with van der Waals surface area (Å²) in [5.41, 5.74) is 1.06. The van der Waals surface area contributed by atoms with Gasteiger partial charge in [-0.05, 0) is 12.1 Å². The van der Waals surface area contributed by atoms with Gasteiger partial charge in [-0.1, -0.05) is 6.08 Å². The van der Waals surface area contributed by atoms with Crippen LogP contribution < -0.4 is 5.32 Å². The smallest absolute Gasteiger partial charge is 0.183 e. The normalized spacial score (nSPS) is 16.0. The van der Waals surface area contributed by atoms with Crippen molar-refractivity contribution in [2.24, 2.45) is 0 Å². The van der Waals surface area contributed by atoms with E-state index in [4.69, 9.17) is 4.74 Å². The Labute approximate surface area is 133 Å². The Morgan fingerprint density at radius 3 is 3.05 bits per heavy atom. The molecule has 0 radical (unpaired) electrons. The summed E-state index contributed by atoms with van der Waals surface area (Å²) in [5.74, 6) is 0. The third kappa shape index (κ3) is 3.91. The van der Waals surface area contributed by atoms with Crippen LogP contribution in [0.3, 0.4) is 0 Å². The fourth-order valence-electron chi connectivity index (χ4n) is 2.21. The summed E-state index contributed by atoms with van der Waals surface area (Å²) < 4.78 is 5.39. The second-order valence-corrected chi connectivity index (χ2v) is 6.89. The van der Waals surface area contributed by atoms with Crippen LogP contribution in [0.4, 0.5) is 5.13 Å². The zero-order valence-corrected chi connectivity index (χ0v) is 13.5. The van der Waals surface area contributed by atoms with E-state index in [0.717, 1.165) is 50.2 Å². The highest BCUT2D eigenvalue weighted by Gasteiger charge is 2.13. The molecule has 1 aliphatic rings. The summed E-state index contributed by atoms with van der Waals surface area (Å²) >= 11 is 3.47. The molecule has 2 aromatic heterocycles. The molecular formula is C15H19N3OS2. The van der Waals surface area contributed by atoms with Gasteiger partial charge >= 0.3 is 0 Å². The third-order valence-corrected chi connectivity index (χ3v) is 5.19. The first-order valence-corrected chi connectivity index (χ1v) is 8.74. The lowest BCUT2D eigenvalue weighted by Gasteiger charge is -2.25. The Balaban J connectivity index is 1.63. The molecule has 2 aromatic rings. The lowest BCUT2D eigenvalue weighted by Crippen LogP contribution is -2.35. The van der Waals surface area contributed by atoms with E-state index >= 15 is 0 Å². The van der Waals surface area contributed by atoms with Crippen LogP contribution in [-0.4, -0.2) is 42.7 Å². The monoisotopic (exact) mass is 321 g/mol. The fraction of sp³-hybridized carbons (Fsp3) is 0.400. The lowest BCUT2D eigenvalue weighted by atomic mass is 10.3. The van der Waals surface area contributed by atoms with Crippen LogP contribution in [0.1, 0.15) is 4.88 Å². The van der Waals surface area contributed by atoms with E-state index in [9.17, 15) is 0 Å². The molecule has 0 spiro atoms. The summed E-state index contributed by atoms with van der Waals surface area (Å²) in [6.45, 7) is 9.22. The maximum absolute atomic E-state index is 5.39. The molecule has 0 unspecified atom stereocenters. The van der Waals surface area contributed by atoms with Crippen molar-refractivity contribution in [3.63, 3.8) is 0 Å². The zero-order chi connectivity index (χ0) is 14.5. The first-order chi connectivity index (χ1) is 10.3. The summed E-state index contributed by atoms with van der Waals surface area (Å²) in [6, 6.07) is 4.39. The Morgan fingerprint density at radius 1 is 1.38 bits per heavy atom. The van der Waals surface area contributed by atoms with Crippen LogP contribution in [0.25, 0.3) is 10.6 Å². The van der Waals surface area contributed by atoms with Gasteiger partial charge in [0.05, 0.1) is 23.8 Å². The molecule has 1 N–H and O–H groups in total. The van der Waals surface area contributed by atoms with Crippen molar-refractivity contribution in [3.05, 3.63) is 35.0 Å². The van der Waals surface area contributed by atoms with Gasteiger partial charge in [-0.15, -0.1) is 29.3 Å². The number of thiophene rings is 1. The second-order valence-electron chi connectivity index (χ2n) is 4.86. The number of thiazole rings is 1. The molecule has 1 saturated heterocycles. The molecule has 6 heteroatoms. The molecule has 0 atom stereocenters. The van der Waals surface area contributed by atoms with Gasteiger partial charge in [0.15, 0.2) is 5.13 Å². The minimum absolute atomic E-state index is 0.750. The molecule has 1 aliphatic heterocycles. The molecule has 112 valence electrons. The number of anilines is 1. The van der Waals surface area contributed by atoms with Crippen LogP contribution in [0, 0.1) is 0 Å². The topological polar surface area (TPSA) is 37.4 Å². The van der Waals surface area contributed by atoms with E-state index in [2.05, 4.69) is 39.3 Å². The van der Waals surface area contributed by atoms with Crippen molar-refractivity contribution in [1.82, 2.24) is 9.88 Å². The Hall–Kier alpha value is -1.21. The van der Waals surface area contributed by atoms with Crippen LogP contribution >= 0.6 is 22.7 Å². The number of nitrogens with one attached hydrogen (secondary N) is 1. The Bertz CT molecular complexity index is 587. The molecule has 4 nitrogen and oxygen atoms in total. The van der Waals surface area contributed by atoms with Gasteiger partial charge in [0.25, 0.3) is 0 Å². The van der Waals surface area contributed by atoms with Gasteiger partial charge in [-0.25, -0.2) is 4.98 Å². The van der Waals surface area contributed by atoms with Crippen molar-refractivity contribution < 1.29 is 4.74 Å². The van der Waals surface area contributed by atoms with Gasteiger partial charge in [0, 0.05) is 36.4 Å². The van der Waals surface area contributed by atoms with Crippen molar-refractivity contribution in [2.75, 3.05) is 38.2 Å². The number of morpholine rings is 1. The molecule has 3 rings (SSSR count). The quantitative estimate of drug-likeness (QED) is 0.828. The van der Waals surface area contributed by atoms with Gasteiger partial charge < -0.3 is 10.1 Å². The predicted octanol–water partition coefficient (Wildman–Crippen LogP) is 3.30. The van der Waals surface area contributed by atoms with E-state index in [1.54, 1.807) is 11.3 Å². The summed E-state index contributed by atoms with van der Waals surface area (Å²) in [7, 11) is 0. The van der Waals surface area contributed by atoms with Crippen molar-refractivity contribution in [1.29, 1.82) is 0 Å². The second kappa shape index (κ2) is 7.17. The predicted molar refractivity (Wildman–Crippen MR) is 90.2 cm³/mol. The van der Waals surface area contributed by atoms with Gasteiger partial charge in [0.1, 0.15) is 0 Å². The van der Waals surface area contributed by atoms with E-state index in [1.165, 1.54) is 9.75 Å². The largest absolute Gasteiger partial charge is 0.379 e. The molecule has 0 saturated carbocycles. The number of hydrogen-bond donors (Lipinski definition) is 1. The maximum atomic E-state index is 5.39. The highest BCUT2D eigenvalue weighted by atomic mass is 32.1. The number of hydrogen-bond acceptors (Lipinski definition) is 6. The highest BCUT2D eigenvalue weighted by molar-refractivity contribution is 7.17. The molecule has 3 heterocycles. The van der Waals surface area contributed by atoms with Crippen molar-refractivity contribution >= 4 is 27.8 Å². The van der Waals surface area contributed by atoms with E-state index < -0.39 is 0 Å². The molecule has 21 heavy (non-hydrogen) atoms. The summed E-state index contributed by atoms with van der Waals surface area (Å²) in [5, 5.41) is 6.29. The summed E-state index contributed by atoms with van der Waals surface area (Å²) in [6.07, 6.45) is 1.84. The molecule has 0 aliphatic carbocycles. The SMILES string of the molecule is C=CCNc1nc(-c2ccc(CN3CCOCC3)s2)cs1. The molecular weight excluding hydrogens is 302 g/mol. The number of aromatic nitrogens is 1. The number of ether oxygens (including phenoxy) is 1. The lowest BCUT2D eigenvalue weighted by molar-refractivity contribution is 0.0346. The van der Waals surface area contributed by atoms with Crippen LogP contribution in [0.15, 0.2) is 30.2 Å². The molecule has 0 aromatic carbocycles. The standard InChI is InChI=1S/C15H19N3OS2/c1-2-5-16-15-17-13(11-20-15)14-4-3-12(21-14)10-18-6-8-19-9-7-18/h2-4,11H,1,5-10H2,(H,16,17). The zero-order valence-electron chi connectivity index (χ0n) is 11.9. The first-order valence-electron chi connectivity index (χ1n) is 7.04. The van der Waals surface area contributed by atoms with Crippen molar-refractivity contribution in [2.45, 2.75) is 6.54 Å². The average molecular weight is 321 g/mol. The number of rotatable bonds is 6. The minimum Gasteiger partial charge on any atom is -0.379 e. The fourth-order valence-corrected chi connectivity index (χ4v) is 4.01. The molecule has 0 amide bonds. The Kier molecular flexibility index (Phi) is 5.03. The third-order valence-electron chi connectivity index (χ3n) is 3.30. The van der Waals surface area contributed by atoms with Crippen LogP contribution in [0.2, 0.25) is 0 Å². The van der Waals surface area contributed by atoms with E-state index in [1.807, 2.05) is 17.4 Å². The first kappa shape index (κ1) is 14.7. The van der Waals surface area contributed by atoms with Crippen LogP contribution in [-0.2, 0) is 11.3 Å². The molecule has 0 bridgehead atoms. The van der Waals surface area contributed by atoms with E-state index in [-0.39, 0.29) is 0 Å². The van der Waals surface area contributed by atoms with Gasteiger partial charge in [0.2, 0.25) is 0 Å². The van der Waals surface area contributed by atoms with Crippen molar-refractivity contribution in [3.8, 4) is 10.6 Å². The Morgan fingerprint density at radius 2 is 2.24 bits per heavy atom. The van der Waals surface area contributed by atoms with Gasteiger partial charge in [-0.3, -0.25) is 4.90 Å².